The van der Waals surface area contributed by atoms with E-state index in [0.29, 0.717) is 0 Å². The van der Waals surface area contributed by atoms with Crippen LogP contribution in [0.2, 0.25) is 0 Å². The summed E-state index contributed by atoms with van der Waals surface area (Å²) >= 11 is 0. The van der Waals surface area contributed by atoms with E-state index in [9.17, 15) is 14.4 Å². The number of esters is 2. The fourth-order valence-electron chi connectivity index (χ4n) is 1.97. The van der Waals surface area contributed by atoms with Crippen molar-refractivity contribution in [3.63, 3.8) is 0 Å². The molecule has 0 unspecified atom stereocenters. The number of ether oxygens (including phenoxy) is 3. The van der Waals surface area contributed by atoms with Crippen molar-refractivity contribution in [2.45, 2.75) is 25.6 Å². The number of imidazole rings is 1. The average molecular weight is 346 g/mol. The van der Waals surface area contributed by atoms with E-state index in [1.54, 1.807) is 0 Å². The molecule has 0 bridgehead atoms. The first-order valence-electron chi connectivity index (χ1n) is 7.56. The summed E-state index contributed by atoms with van der Waals surface area (Å²) in [7, 11) is 1.17. The maximum Gasteiger partial charge on any atom is 0.420 e. The van der Waals surface area contributed by atoms with Gasteiger partial charge in [-0.05, 0) is 5.56 Å². The first-order valence-corrected chi connectivity index (χ1v) is 7.56. The van der Waals surface area contributed by atoms with E-state index < -0.39 is 24.1 Å². The van der Waals surface area contributed by atoms with Crippen LogP contribution in [0, 0.1) is 0 Å². The second-order valence-corrected chi connectivity index (χ2v) is 5.05. The van der Waals surface area contributed by atoms with Crippen LogP contribution in [0.5, 0.6) is 0 Å². The second kappa shape index (κ2) is 9.21. The highest BCUT2D eigenvalue weighted by Crippen LogP contribution is 2.09. The lowest BCUT2D eigenvalue weighted by Gasteiger charge is -2.15. The van der Waals surface area contributed by atoms with Crippen LogP contribution in [-0.2, 0) is 30.4 Å². The van der Waals surface area contributed by atoms with Crippen LogP contribution in [0.3, 0.4) is 0 Å². The van der Waals surface area contributed by atoms with E-state index in [1.807, 2.05) is 30.3 Å². The van der Waals surface area contributed by atoms with Crippen molar-refractivity contribution in [2.75, 3.05) is 7.11 Å². The molecule has 1 heterocycles. The Kier molecular flexibility index (Phi) is 6.70. The molecule has 0 spiro atoms. The van der Waals surface area contributed by atoms with Gasteiger partial charge >= 0.3 is 18.0 Å². The molecule has 0 radical (unpaired) electrons. The average Bonchev–Trinajstić information content (AvgIpc) is 3.18. The summed E-state index contributed by atoms with van der Waals surface area (Å²) in [5, 5.41) is 0. The van der Waals surface area contributed by atoms with E-state index >= 15 is 0 Å². The lowest BCUT2D eigenvalue weighted by molar-refractivity contribution is -0.152. The Morgan fingerprint density at radius 3 is 2.60 bits per heavy atom. The van der Waals surface area contributed by atoms with Gasteiger partial charge in [-0.2, -0.15) is 0 Å². The molecule has 0 saturated carbocycles. The molecule has 0 fully saturated rings. The van der Waals surface area contributed by atoms with E-state index in [0.717, 1.165) is 10.1 Å². The Morgan fingerprint density at radius 1 is 1.20 bits per heavy atom. The Labute approximate surface area is 144 Å². The van der Waals surface area contributed by atoms with Crippen LogP contribution < -0.4 is 0 Å². The van der Waals surface area contributed by atoms with Crippen LogP contribution in [0.4, 0.5) is 4.79 Å². The molecular formula is C17H18N2O6. The van der Waals surface area contributed by atoms with Crippen molar-refractivity contribution in [3.8, 4) is 0 Å². The molecule has 132 valence electrons. The van der Waals surface area contributed by atoms with E-state index in [1.165, 1.54) is 25.8 Å². The van der Waals surface area contributed by atoms with Crippen molar-refractivity contribution in [1.29, 1.82) is 0 Å². The minimum absolute atomic E-state index is 0.0409. The number of hydrogen-bond donors (Lipinski definition) is 0. The Balaban J connectivity index is 1.83. The molecule has 1 aromatic carbocycles. The first-order chi connectivity index (χ1) is 12.1. The number of carbonyl (C=O) groups is 3. The van der Waals surface area contributed by atoms with Gasteiger partial charge in [-0.1, -0.05) is 30.3 Å². The van der Waals surface area contributed by atoms with Crippen LogP contribution in [0.1, 0.15) is 18.4 Å². The Bertz CT molecular complexity index is 699. The number of nitrogens with zero attached hydrogens (tertiary/aromatic N) is 2. The molecule has 25 heavy (non-hydrogen) atoms. The molecule has 8 nitrogen and oxygen atoms in total. The summed E-state index contributed by atoms with van der Waals surface area (Å²) in [5.74, 6) is -1.25. The molecule has 0 aliphatic rings. The summed E-state index contributed by atoms with van der Waals surface area (Å²) in [6.07, 6.45) is 1.89. The first kappa shape index (κ1) is 18.2. The number of carbonyl (C=O) groups excluding carboxylic acids is 3. The largest absolute Gasteiger partial charge is 0.466 e. The van der Waals surface area contributed by atoms with Crippen LogP contribution in [0.15, 0.2) is 49.1 Å². The fraction of sp³-hybridized carbons (Fsp3) is 0.294. The molecule has 0 aliphatic carbocycles. The topological polar surface area (TPSA) is 96.7 Å². The van der Waals surface area contributed by atoms with E-state index in [2.05, 4.69) is 9.72 Å². The molecule has 0 N–H and O–H groups in total. The van der Waals surface area contributed by atoms with Gasteiger partial charge in [-0.15, -0.1) is 0 Å². The standard InChI is InChI=1S/C17H18N2O6/c1-23-16(21)14(25-17(22)19-10-9-18-12-19)7-8-15(20)24-11-13-5-3-2-4-6-13/h2-6,9-10,12,14H,7-8,11H2,1H3/t14-/m0/s1. The van der Waals surface area contributed by atoms with Gasteiger partial charge in [-0.3, -0.25) is 4.79 Å². The molecule has 1 aromatic heterocycles. The van der Waals surface area contributed by atoms with Crippen molar-refractivity contribution in [1.82, 2.24) is 9.55 Å². The predicted octanol–water partition coefficient (Wildman–Crippen LogP) is 1.93. The lowest BCUT2D eigenvalue weighted by Crippen LogP contribution is -2.30. The lowest BCUT2D eigenvalue weighted by atomic mass is 10.2. The van der Waals surface area contributed by atoms with Gasteiger partial charge < -0.3 is 14.2 Å². The summed E-state index contributed by atoms with van der Waals surface area (Å²) in [6.45, 7) is 0.136. The number of aromatic nitrogens is 2. The van der Waals surface area contributed by atoms with Crippen molar-refractivity contribution >= 4 is 18.0 Å². The number of methoxy groups -OCH3 is 1. The summed E-state index contributed by atoms with van der Waals surface area (Å²) < 4.78 is 15.9. The van der Waals surface area contributed by atoms with Gasteiger partial charge in [0.2, 0.25) is 6.10 Å². The third kappa shape index (κ3) is 5.76. The molecule has 0 amide bonds. The molecular weight excluding hydrogens is 328 g/mol. The van der Waals surface area contributed by atoms with E-state index in [-0.39, 0.29) is 19.4 Å². The van der Waals surface area contributed by atoms with Gasteiger partial charge in [0, 0.05) is 25.2 Å². The molecule has 0 aliphatic heterocycles. The molecule has 2 aromatic rings. The Hall–Kier alpha value is -3.16. The van der Waals surface area contributed by atoms with Crippen molar-refractivity contribution in [3.05, 3.63) is 54.6 Å². The highest BCUT2D eigenvalue weighted by Gasteiger charge is 2.25. The normalized spacial score (nSPS) is 11.4. The molecule has 1 atom stereocenters. The zero-order valence-electron chi connectivity index (χ0n) is 13.7. The fourth-order valence-corrected chi connectivity index (χ4v) is 1.97. The highest BCUT2D eigenvalue weighted by molar-refractivity contribution is 5.80. The zero-order valence-corrected chi connectivity index (χ0v) is 13.7. The molecule has 0 saturated heterocycles. The number of rotatable bonds is 7. The predicted molar refractivity (Wildman–Crippen MR) is 85.4 cm³/mol. The van der Waals surface area contributed by atoms with Gasteiger partial charge in [0.05, 0.1) is 7.11 Å². The second-order valence-electron chi connectivity index (χ2n) is 5.05. The molecule has 2 rings (SSSR count). The highest BCUT2D eigenvalue weighted by atomic mass is 16.6. The minimum atomic E-state index is -1.20. The quantitative estimate of drug-likeness (QED) is 0.558. The third-order valence-electron chi connectivity index (χ3n) is 3.28. The SMILES string of the molecule is COC(=O)[C@H](CCC(=O)OCc1ccccc1)OC(=O)n1ccnc1. The monoisotopic (exact) mass is 346 g/mol. The maximum absolute atomic E-state index is 11.9. The van der Waals surface area contributed by atoms with E-state index in [4.69, 9.17) is 9.47 Å². The summed E-state index contributed by atoms with van der Waals surface area (Å²) in [4.78, 5) is 39.1. The van der Waals surface area contributed by atoms with Crippen LogP contribution >= 0.6 is 0 Å². The third-order valence-corrected chi connectivity index (χ3v) is 3.28. The summed E-state index contributed by atoms with van der Waals surface area (Å²) in [5.41, 5.74) is 0.854. The number of hydrogen-bond acceptors (Lipinski definition) is 7. The van der Waals surface area contributed by atoms with Gasteiger partial charge in [0.1, 0.15) is 12.9 Å². The van der Waals surface area contributed by atoms with Crippen LogP contribution in [0.25, 0.3) is 0 Å². The molecule has 8 heteroatoms. The maximum atomic E-state index is 11.9. The Morgan fingerprint density at radius 2 is 1.96 bits per heavy atom. The van der Waals surface area contributed by atoms with Crippen molar-refractivity contribution < 1.29 is 28.6 Å². The number of benzene rings is 1. The van der Waals surface area contributed by atoms with Gasteiger partial charge in [0.25, 0.3) is 0 Å². The van der Waals surface area contributed by atoms with Gasteiger partial charge in [-0.25, -0.2) is 19.1 Å². The summed E-state index contributed by atoms with van der Waals surface area (Å²) in [6, 6.07) is 9.20. The van der Waals surface area contributed by atoms with Crippen molar-refractivity contribution in [2.24, 2.45) is 0 Å². The zero-order chi connectivity index (χ0) is 18.1. The smallest absolute Gasteiger partial charge is 0.420 e. The minimum Gasteiger partial charge on any atom is -0.466 e. The van der Waals surface area contributed by atoms with Gasteiger partial charge in [0.15, 0.2) is 0 Å². The van der Waals surface area contributed by atoms with Crippen LogP contribution in [-0.4, -0.2) is 40.8 Å².